The fourth-order valence-electron chi connectivity index (χ4n) is 3.71. The number of para-hydroxylation sites is 3. The van der Waals surface area contributed by atoms with Gasteiger partial charge in [-0.15, -0.1) is 0 Å². The van der Waals surface area contributed by atoms with Gasteiger partial charge in [0.1, 0.15) is 12.4 Å². The van der Waals surface area contributed by atoms with Crippen LogP contribution in [-0.4, -0.2) is 35.0 Å². The first-order valence-corrected chi connectivity index (χ1v) is 11.2. The Morgan fingerprint density at radius 1 is 1.00 bits per heavy atom. The molecule has 4 aromatic rings. The van der Waals surface area contributed by atoms with E-state index < -0.39 is 0 Å². The number of nitrogens with zero attached hydrogens (tertiary/aromatic N) is 3. The third-order valence-corrected chi connectivity index (χ3v) is 5.73. The second-order valence-electron chi connectivity index (χ2n) is 7.76. The Kier molecular flexibility index (Phi) is 7.05. The fraction of sp³-hybridized carbons (Fsp3) is 0.192. The van der Waals surface area contributed by atoms with Crippen molar-refractivity contribution in [2.45, 2.75) is 19.4 Å². The Labute approximate surface area is 197 Å². The minimum absolute atomic E-state index is 0.0279. The second kappa shape index (κ2) is 10.3. The Morgan fingerprint density at radius 2 is 1.76 bits per heavy atom. The van der Waals surface area contributed by atoms with Gasteiger partial charge in [0, 0.05) is 36.3 Å². The van der Waals surface area contributed by atoms with Crippen LogP contribution in [0.1, 0.15) is 22.6 Å². The van der Waals surface area contributed by atoms with E-state index in [-0.39, 0.29) is 18.4 Å². The molecule has 6 nitrogen and oxygen atoms in total. The number of fused-ring (bicyclic) bond motifs is 1. The van der Waals surface area contributed by atoms with Crippen LogP contribution in [0.2, 0.25) is 5.02 Å². The van der Waals surface area contributed by atoms with Gasteiger partial charge in [-0.05, 0) is 48.9 Å². The van der Waals surface area contributed by atoms with Crippen LogP contribution in [0.3, 0.4) is 0 Å². The van der Waals surface area contributed by atoms with Crippen LogP contribution < -0.4 is 10.2 Å². The summed E-state index contributed by atoms with van der Waals surface area (Å²) in [5.41, 5.74) is 3.15. The molecule has 0 aliphatic carbocycles. The number of hydrogen-bond acceptors (Lipinski definition) is 3. The van der Waals surface area contributed by atoms with E-state index in [1.54, 1.807) is 36.2 Å². The zero-order chi connectivity index (χ0) is 23.2. The molecular formula is C26H25ClN4O2. The van der Waals surface area contributed by atoms with Gasteiger partial charge in [-0.3, -0.25) is 9.59 Å². The third kappa shape index (κ3) is 5.41. The first-order valence-electron chi connectivity index (χ1n) is 10.8. The van der Waals surface area contributed by atoms with E-state index in [2.05, 4.69) is 5.32 Å². The van der Waals surface area contributed by atoms with E-state index in [1.807, 2.05) is 59.2 Å². The van der Waals surface area contributed by atoms with Crippen LogP contribution in [-0.2, 0) is 17.8 Å². The quantitative estimate of drug-likeness (QED) is 0.387. The Hall–Kier alpha value is -3.64. The highest BCUT2D eigenvalue weighted by atomic mass is 35.5. The van der Waals surface area contributed by atoms with Crippen molar-refractivity contribution in [3.05, 3.63) is 95.3 Å². The Balaban J connectivity index is 1.44. The molecule has 1 aromatic heterocycles. The lowest BCUT2D eigenvalue weighted by molar-refractivity contribution is -0.118. The highest BCUT2D eigenvalue weighted by Crippen LogP contribution is 2.19. The van der Waals surface area contributed by atoms with Crippen LogP contribution in [0.25, 0.3) is 11.0 Å². The van der Waals surface area contributed by atoms with Crippen molar-refractivity contribution >= 4 is 40.1 Å². The van der Waals surface area contributed by atoms with Crippen LogP contribution >= 0.6 is 11.6 Å². The molecule has 1 N–H and O–H groups in total. The molecule has 0 unspecified atom stereocenters. The SMILES string of the molecule is CN(C(=O)Cn1c(CCCNC(=O)c2cccc(Cl)c2)nc2ccccc21)c1ccccc1. The summed E-state index contributed by atoms with van der Waals surface area (Å²) in [4.78, 5) is 31.8. The zero-order valence-corrected chi connectivity index (χ0v) is 19.1. The maximum atomic E-state index is 13.0. The molecule has 4 rings (SSSR count). The number of anilines is 1. The largest absolute Gasteiger partial charge is 0.352 e. The Bertz CT molecular complexity index is 1270. The molecule has 7 heteroatoms. The first kappa shape index (κ1) is 22.6. The van der Waals surface area contributed by atoms with Crippen molar-refractivity contribution in [1.29, 1.82) is 0 Å². The molecule has 33 heavy (non-hydrogen) atoms. The lowest BCUT2D eigenvalue weighted by atomic mass is 10.2. The molecule has 0 radical (unpaired) electrons. The number of imidazole rings is 1. The average molecular weight is 461 g/mol. The molecule has 0 fully saturated rings. The van der Waals surface area contributed by atoms with Gasteiger partial charge in [0.15, 0.2) is 0 Å². The van der Waals surface area contributed by atoms with Gasteiger partial charge in [-0.1, -0.05) is 48.0 Å². The summed E-state index contributed by atoms with van der Waals surface area (Å²) >= 11 is 5.97. The summed E-state index contributed by atoms with van der Waals surface area (Å²) in [6.45, 7) is 0.683. The molecule has 0 bridgehead atoms. The molecule has 0 saturated carbocycles. The van der Waals surface area contributed by atoms with Crippen molar-refractivity contribution < 1.29 is 9.59 Å². The van der Waals surface area contributed by atoms with E-state index in [4.69, 9.17) is 16.6 Å². The molecule has 0 spiro atoms. The van der Waals surface area contributed by atoms with Gasteiger partial charge in [0.05, 0.1) is 11.0 Å². The van der Waals surface area contributed by atoms with Crippen molar-refractivity contribution in [3.8, 4) is 0 Å². The number of aryl methyl sites for hydroxylation is 1. The predicted molar refractivity (Wildman–Crippen MR) is 132 cm³/mol. The lowest BCUT2D eigenvalue weighted by Crippen LogP contribution is -2.30. The number of benzene rings is 3. The van der Waals surface area contributed by atoms with Gasteiger partial charge in [-0.2, -0.15) is 0 Å². The minimum Gasteiger partial charge on any atom is -0.352 e. The van der Waals surface area contributed by atoms with Crippen molar-refractivity contribution in [1.82, 2.24) is 14.9 Å². The normalized spacial score (nSPS) is 10.8. The third-order valence-electron chi connectivity index (χ3n) is 5.49. The molecule has 168 valence electrons. The van der Waals surface area contributed by atoms with Gasteiger partial charge in [0.25, 0.3) is 5.91 Å². The van der Waals surface area contributed by atoms with Gasteiger partial charge in [-0.25, -0.2) is 4.98 Å². The standard InChI is InChI=1S/C26H25ClN4O2/c1-30(21-11-3-2-4-12-21)25(32)18-31-23-14-6-5-13-22(23)29-24(31)15-8-16-28-26(33)19-9-7-10-20(27)17-19/h2-7,9-14,17H,8,15-16,18H2,1H3,(H,28,33). The Morgan fingerprint density at radius 3 is 2.55 bits per heavy atom. The summed E-state index contributed by atoms with van der Waals surface area (Å²) in [7, 11) is 1.78. The minimum atomic E-state index is -0.161. The van der Waals surface area contributed by atoms with Gasteiger partial charge >= 0.3 is 0 Å². The number of hydrogen-bond donors (Lipinski definition) is 1. The van der Waals surface area contributed by atoms with Crippen LogP contribution in [0.4, 0.5) is 5.69 Å². The maximum Gasteiger partial charge on any atom is 0.251 e. The fourth-order valence-corrected chi connectivity index (χ4v) is 3.90. The van der Waals surface area contributed by atoms with Gasteiger partial charge in [0.2, 0.25) is 5.91 Å². The number of carbonyl (C=O) groups excluding carboxylic acids is 2. The van der Waals surface area contributed by atoms with E-state index in [0.29, 0.717) is 30.0 Å². The maximum absolute atomic E-state index is 13.0. The molecular weight excluding hydrogens is 436 g/mol. The molecule has 2 amide bonds. The smallest absolute Gasteiger partial charge is 0.251 e. The summed E-state index contributed by atoms with van der Waals surface area (Å²) in [6, 6.07) is 24.2. The molecule has 1 heterocycles. The highest BCUT2D eigenvalue weighted by molar-refractivity contribution is 6.30. The van der Waals surface area contributed by atoms with Crippen molar-refractivity contribution in [2.24, 2.45) is 0 Å². The summed E-state index contributed by atoms with van der Waals surface area (Å²) in [5, 5.41) is 3.45. The number of nitrogens with one attached hydrogen (secondary N) is 1. The van der Waals surface area contributed by atoms with Crippen LogP contribution in [0, 0.1) is 0 Å². The summed E-state index contributed by atoms with van der Waals surface area (Å²) in [5.74, 6) is 0.633. The number of aromatic nitrogens is 2. The molecule has 0 aliphatic heterocycles. The van der Waals surface area contributed by atoms with E-state index >= 15 is 0 Å². The monoisotopic (exact) mass is 460 g/mol. The lowest BCUT2D eigenvalue weighted by Gasteiger charge is -2.18. The summed E-state index contributed by atoms with van der Waals surface area (Å²) < 4.78 is 1.97. The van der Waals surface area contributed by atoms with Gasteiger partial charge < -0.3 is 14.8 Å². The average Bonchev–Trinajstić information content (AvgIpc) is 3.18. The molecule has 3 aromatic carbocycles. The first-order chi connectivity index (χ1) is 16.0. The zero-order valence-electron chi connectivity index (χ0n) is 18.4. The second-order valence-corrected chi connectivity index (χ2v) is 8.20. The number of likely N-dealkylation sites (N-methyl/N-ethyl adjacent to an activating group) is 1. The highest BCUT2D eigenvalue weighted by Gasteiger charge is 2.17. The van der Waals surface area contributed by atoms with E-state index in [1.165, 1.54) is 0 Å². The number of halogens is 1. The van der Waals surface area contributed by atoms with Crippen molar-refractivity contribution in [3.63, 3.8) is 0 Å². The van der Waals surface area contributed by atoms with Crippen LogP contribution in [0.5, 0.6) is 0 Å². The molecule has 0 saturated heterocycles. The molecule has 0 atom stereocenters. The van der Waals surface area contributed by atoms with Crippen molar-refractivity contribution in [2.75, 3.05) is 18.5 Å². The van der Waals surface area contributed by atoms with E-state index in [0.717, 1.165) is 22.5 Å². The number of rotatable bonds is 8. The summed E-state index contributed by atoms with van der Waals surface area (Å²) in [6.07, 6.45) is 1.32. The molecule has 0 aliphatic rings. The predicted octanol–water partition coefficient (Wildman–Crippen LogP) is 4.72. The number of amides is 2. The van der Waals surface area contributed by atoms with Crippen LogP contribution in [0.15, 0.2) is 78.9 Å². The topological polar surface area (TPSA) is 67.2 Å². The van der Waals surface area contributed by atoms with E-state index in [9.17, 15) is 9.59 Å². The number of carbonyl (C=O) groups is 2.